The Bertz CT molecular complexity index is 190. The van der Waals surface area contributed by atoms with Crippen molar-refractivity contribution >= 4 is 5.71 Å². The second-order valence-electron chi connectivity index (χ2n) is 1.92. The molecule has 0 saturated carbocycles. The van der Waals surface area contributed by atoms with E-state index in [0.29, 0.717) is 0 Å². The number of halogens is 3. The van der Waals surface area contributed by atoms with Crippen LogP contribution in [0.1, 0.15) is 6.92 Å². The molecule has 0 fully saturated rings. The Morgan fingerprint density at radius 1 is 1.45 bits per heavy atom. The molecule has 2 nitrogen and oxygen atoms in total. The van der Waals surface area contributed by atoms with Gasteiger partial charge in [0.1, 0.15) is 5.71 Å². The monoisotopic (exact) mass is 166 g/mol. The summed E-state index contributed by atoms with van der Waals surface area (Å²) in [6, 6.07) is 0. The summed E-state index contributed by atoms with van der Waals surface area (Å²) in [5.74, 6) is 0. The molecule has 0 radical (unpaired) electrons. The number of nitrogens with two attached hydrogens (primary N) is 1. The smallest absolute Gasteiger partial charge is 0.404 e. The second-order valence-corrected chi connectivity index (χ2v) is 1.92. The Labute approximate surface area is 62.6 Å². The molecular weight excluding hydrogens is 157 g/mol. The van der Waals surface area contributed by atoms with Gasteiger partial charge in [0.2, 0.25) is 0 Å². The number of nitrogens with zero attached hydrogens (tertiary/aromatic N) is 1. The fraction of sp³-hybridized carbons (Fsp3) is 0.500. The highest BCUT2D eigenvalue weighted by Crippen LogP contribution is 2.21. The highest BCUT2D eigenvalue weighted by atomic mass is 19.4. The van der Waals surface area contributed by atoms with Gasteiger partial charge in [0.05, 0.1) is 0 Å². The summed E-state index contributed by atoms with van der Waals surface area (Å²) in [5, 5.41) is 0. The molecule has 5 heteroatoms. The molecule has 2 N–H and O–H groups in total. The van der Waals surface area contributed by atoms with Crippen molar-refractivity contribution in [1.82, 2.24) is 0 Å². The van der Waals surface area contributed by atoms with E-state index in [0.717, 1.165) is 13.2 Å². The Balaban J connectivity index is 4.73. The van der Waals surface area contributed by atoms with Gasteiger partial charge in [-0.25, -0.2) is 0 Å². The average molecular weight is 166 g/mol. The first-order chi connectivity index (χ1) is 4.93. The highest BCUT2D eigenvalue weighted by molar-refractivity contribution is 6.03. The Morgan fingerprint density at radius 3 is 2.00 bits per heavy atom. The summed E-state index contributed by atoms with van der Waals surface area (Å²) in [6.07, 6.45) is -3.52. The van der Waals surface area contributed by atoms with Crippen LogP contribution in [0.2, 0.25) is 0 Å². The highest BCUT2D eigenvalue weighted by Gasteiger charge is 2.35. The van der Waals surface area contributed by atoms with Crippen LogP contribution >= 0.6 is 0 Å². The fourth-order valence-electron chi connectivity index (χ4n) is 0.606. The van der Waals surface area contributed by atoms with E-state index < -0.39 is 11.9 Å². The maximum atomic E-state index is 11.9. The third-order valence-electron chi connectivity index (χ3n) is 1.12. The van der Waals surface area contributed by atoms with Crippen molar-refractivity contribution in [2.24, 2.45) is 10.7 Å². The third kappa shape index (κ3) is 2.61. The van der Waals surface area contributed by atoms with Crippen molar-refractivity contribution < 1.29 is 13.2 Å². The van der Waals surface area contributed by atoms with Crippen LogP contribution in [0.3, 0.4) is 0 Å². The molecule has 0 aliphatic carbocycles. The normalized spacial score (nSPS) is 15.4. The van der Waals surface area contributed by atoms with Gasteiger partial charge in [-0.2, -0.15) is 13.2 Å². The predicted octanol–water partition coefficient (Wildman–Crippen LogP) is 1.48. The van der Waals surface area contributed by atoms with Crippen molar-refractivity contribution in [2.75, 3.05) is 7.05 Å². The Kier molecular flexibility index (Phi) is 3.10. The van der Waals surface area contributed by atoms with Crippen molar-refractivity contribution in [3.05, 3.63) is 11.8 Å². The third-order valence-corrected chi connectivity index (χ3v) is 1.12. The van der Waals surface area contributed by atoms with E-state index in [4.69, 9.17) is 5.73 Å². The van der Waals surface area contributed by atoms with E-state index >= 15 is 0 Å². The molecule has 0 bridgehead atoms. The maximum Gasteiger partial charge on any atom is 0.433 e. The lowest BCUT2D eigenvalue weighted by Crippen LogP contribution is -2.24. The van der Waals surface area contributed by atoms with Gasteiger partial charge in [0.25, 0.3) is 0 Å². The van der Waals surface area contributed by atoms with Gasteiger partial charge in [-0.05, 0) is 18.7 Å². The van der Waals surface area contributed by atoms with Gasteiger partial charge >= 0.3 is 6.18 Å². The van der Waals surface area contributed by atoms with Crippen LogP contribution in [0.5, 0.6) is 0 Å². The first-order valence-corrected chi connectivity index (χ1v) is 2.86. The van der Waals surface area contributed by atoms with Crippen LogP contribution in [0, 0.1) is 0 Å². The summed E-state index contributed by atoms with van der Waals surface area (Å²) in [6.45, 7) is 1.26. The molecule has 64 valence electrons. The van der Waals surface area contributed by atoms with Gasteiger partial charge in [0.15, 0.2) is 0 Å². The number of aliphatic imine (C=N–C) groups is 1. The van der Waals surface area contributed by atoms with Gasteiger partial charge in [-0.15, -0.1) is 0 Å². The molecule has 0 aromatic rings. The summed E-state index contributed by atoms with van der Waals surface area (Å²) >= 11 is 0. The van der Waals surface area contributed by atoms with Crippen molar-refractivity contribution in [3.8, 4) is 0 Å². The SMILES string of the molecule is CN=C(/C(C)=C\N)C(F)(F)F. The van der Waals surface area contributed by atoms with Crippen molar-refractivity contribution in [3.63, 3.8) is 0 Å². The zero-order valence-electron chi connectivity index (χ0n) is 6.24. The summed E-state index contributed by atoms with van der Waals surface area (Å²) in [5.41, 5.74) is 3.90. The summed E-state index contributed by atoms with van der Waals surface area (Å²) < 4.78 is 35.8. The second kappa shape index (κ2) is 3.41. The Hall–Kier alpha value is -1.00. The molecule has 0 aliphatic rings. The summed E-state index contributed by atoms with van der Waals surface area (Å²) in [7, 11) is 1.08. The zero-order chi connectivity index (χ0) is 9.07. The van der Waals surface area contributed by atoms with E-state index in [1.807, 2.05) is 0 Å². The number of rotatable bonds is 1. The molecule has 0 aromatic heterocycles. The standard InChI is InChI=1S/C6H9F3N2/c1-4(3-10)5(11-2)6(7,8)9/h3H,10H2,1-2H3/b4-3-,11-5?. The van der Waals surface area contributed by atoms with Crippen LogP contribution < -0.4 is 5.73 Å². The largest absolute Gasteiger partial charge is 0.433 e. The van der Waals surface area contributed by atoms with Crippen molar-refractivity contribution in [2.45, 2.75) is 13.1 Å². The minimum Gasteiger partial charge on any atom is -0.404 e. The molecule has 0 spiro atoms. The van der Waals surface area contributed by atoms with Gasteiger partial charge in [0, 0.05) is 7.05 Å². The molecular formula is C6H9F3N2. The summed E-state index contributed by atoms with van der Waals surface area (Å²) in [4.78, 5) is 3.07. The fourth-order valence-corrected chi connectivity index (χ4v) is 0.606. The number of hydrogen-bond donors (Lipinski definition) is 1. The van der Waals surface area contributed by atoms with Crippen LogP contribution in [-0.4, -0.2) is 18.9 Å². The van der Waals surface area contributed by atoms with E-state index in [1.54, 1.807) is 0 Å². The molecule has 0 aromatic carbocycles. The van der Waals surface area contributed by atoms with Crippen LogP contribution in [0.15, 0.2) is 16.8 Å². The molecule has 0 heterocycles. The van der Waals surface area contributed by atoms with Crippen molar-refractivity contribution in [1.29, 1.82) is 0 Å². The number of allylic oxidation sites excluding steroid dienone is 1. The molecule has 0 unspecified atom stereocenters. The topological polar surface area (TPSA) is 38.4 Å². The Morgan fingerprint density at radius 2 is 1.91 bits per heavy atom. The molecule has 0 amide bonds. The minimum atomic E-state index is -4.41. The number of hydrogen-bond acceptors (Lipinski definition) is 2. The maximum absolute atomic E-state index is 11.9. The van der Waals surface area contributed by atoms with Gasteiger partial charge in [-0.3, -0.25) is 4.99 Å². The molecule has 11 heavy (non-hydrogen) atoms. The lowest BCUT2D eigenvalue weighted by molar-refractivity contribution is -0.0583. The average Bonchev–Trinajstić information content (AvgIpc) is 1.86. The molecule has 0 rings (SSSR count). The lowest BCUT2D eigenvalue weighted by Gasteiger charge is -2.08. The van der Waals surface area contributed by atoms with E-state index in [2.05, 4.69) is 4.99 Å². The van der Waals surface area contributed by atoms with Gasteiger partial charge < -0.3 is 5.73 Å². The van der Waals surface area contributed by atoms with Gasteiger partial charge in [-0.1, -0.05) is 0 Å². The van der Waals surface area contributed by atoms with E-state index in [-0.39, 0.29) is 5.57 Å². The van der Waals surface area contributed by atoms with Crippen LogP contribution in [0.25, 0.3) is 0 Å². The van der Waals surface area contributed by atoms with E-state index in [9.17, 15) is 13.2 Å². The van der Waals surface area contributed by atoms with Crippen LogP contribution in [0.4, 0.5) is 13.2 Å². The molecule has 0 saturated heterocycles. The quantitative estimate of drug-likeness (QED) is 0.589. The predicted molar refractivity (Wildman–Crippen MR) is 37.4 cm³/mol. The first-order valence-electron chi connectivity index (χ1n) is 2.86. The number of alkyl halides is 3. The first kappa shape index (κ1) is 10.0. The molecule has 0 atom stereocenters. The van der Waals surface area contributed by atoms with E-state index in [1.165, 1.54) is 6.92 Å². The zero-order valence-corrected chi connectivity index (χ0v) is 6.24. The minimum absolute atomic E-state index is 0.0694. The lowest BCUT2D eigenvalue weighted by atomic mass is 10.2. The van der Waals surface area contributed by atoms with Crippen LogP contribution in [-0.2, 0) is 0 Å². The molecule has 0 aliphatic heterocycles.